The van der Waals surface area contributed by atoms with Gasteiger partial charge in [-0.3, -0.25) is 14.4 Å². The van der Waals surface area contributed by atoms with Crippen LogP contribution in [0.15, 0.2) is 48.5 Å². The van der Waals surface area contributed by atoms with E-state index in [9.17, 15) is 23.2 Å². The van der Waals surface area contributed by atoms with Crippen molar-refractivity contribution in [2.45, 2.75) is 38.6 Å². The van der Waals surface area contributed by atoms with E-state index in [1.54, 1.807) is 24.0 Å². The molecule has 9 heteroatoms. The molecular weight excluding hydrogens is 474 g/mol. The van der Waals surface area contributed by atoms with Crippen LogP contribution in [0.1, 0.15) is 51.5 Å². The molecule has 3 aromatic rings. The number of thiazole rings is 1. The Hall–Kier alpha value is -3.46. The van der Waals surface area contributed by atoms with Crippen LogP contribution in [0.5, 0.6) is 0 Å². The SMILES string of the molecule is Cc1nc(C(=O)N2CCCCC2CC(=O)OCC(=O)c2ccccc2F)c(-c2ccc(F)cc2)s1. The van der Waals surface area contributed by atoms with Crippen LogP contribution < -0.4 is 0 Å². The van der Waals surface area contributed by atoms with Gasteiger partial charge in [0.1, 0.15) is 17.3 Å². The number of carbonyl (C=O) groups is 3. The lowest BCUT2D eigenvalue weighted by Gasteiger charge is -2.35. The van der Waals surface area contributed by atoms with Gasteiger partial charge in [0.15, 0.2) is 6.61 Å². The number of ketones is 1. The van der Waals surface area contributed by atoms with Crippen molar-refractivity contribution in [1.29, 1.82) is 0 Å². The predicted octanol–water partition coefficient (Wildman–Crippen LogP) is 5.21. The molecule has 4 rings (SSSR count). The van der Waals surface area contributed by atoms with Crippen LogP contribution in [0.3, 0.4) is 0 Å². The molecule has 1 aromatic heterocycles. The highest BCUT2D eigenvalue weighted by atomic mass is 32.1. The summed E-state index contributed by atoms with van der Waals surface area (Å²) < 4.78 is 32.3. The third kappa shape index (κ3) is 5.79. The lowest BCUT2D eigenvalue weighted by molar-refractivity contribution is -0.143. The number of likely N-dealkylation sites (tertiary alicyclic amines) is 1. The fourth-order valence-corrected chi connectivity index (χ4v) is 5.06. The number of esters is 1. The third-order valence-corrected chi connectivity index (χ3v) is 6.89. The molecule has 0 N–H and O–H groups in total. The van der Waals surface area contributed by atoms with E-state index in [0.29, 0.717) is 28.4 Å². The minimum absolute atomic E-state index is 0.0781. The van der Waals surface area contributed by atoms with E-state index in [4.69, 9.17) is 4.74 Å². The maximum Gasteiger partial charge on any atom is 0.308 e. The lowest BCUT2D eigenvalue weighted by Crippen LogP contribution is -2.45. The molecule has 0 aliphatic carbocycles. The van der Waals surface area contributed by atoms with Gasteiger partial charge in [0.25, 0.3) is 5.91 Å². The van der Waals surface area contributed by atoms with Crippen LogP contribution in [-0.4, -0.2) is 46.7 Å². The number of hydrogen-bond acceptors (Lipinski definition) is 6. The average molecular weight is 499 g/mol. The molecule has 2 heterocycles. The zero-order valence-corrected chi connectivity index (χ0v) is 19.9. The van der Waals surface area contributed by atoms with Crippen LogP contribution >= 0.6 is 11.3 Å². The lowest BCUT2D eigenvalue weighted by atomic mass is 9.98. The second-order valence-corrected chi connectivity index (χ2v) is 9.54. The molecule has 1 atom stereocenters. The fraction of sp³-hybridized carbons (Fsp3) is 0.308. The predicted molar refractivity (Wildman–Crippen MR) is 127 cm³/mol. The van der Waals surface area contributed by atoms with Crippen molar-refractivity contribution in [3.63, 3.8) is 0 Å². The first-order valence-corrected chi connectivity index (χ1v) is 12.1. The van der Waals surface area contributed by atoms with Crippen LogP contribution in [0.25, 0.3) is 10.4 Å². The molecule has 182 valence electrons. The Morgan fingerprint density at radius 1 is 1.09 bits per heavy atom. The number of benzene rings is 2. The Labute approximate surface area is 205 Å². The third-order valence-electron chi connectivity index (χ3n) is 5.87. The van der Waals surface area contributed by atoms with E-state index in [-0.39, 0.29) is 29.4 Å². The van der Waals surface area contributed by atoms with Gasteiger partial charge >= 0.3 is 5.97 Å². The summed E-state index contributed by atoms with van der Waals surface area (Å²) in [5, 5.41) is 0.701. The Balaban J connectivity index is 1.45. The second-order valence-electron chi connectivity index (χ2n) is 8.33. The molecule has 0 bridgehead atoms. The van der Waals surface area contributed by atoms with Gasteiger partial charge in [0.2, 0.25) is 5.78 Å². The molecule has 0 radical (unpaired) electrons. The highest BCUT2D eigenvalue weighted by molar-refractivity contribution is 7.15. The van der Waals surface area contributed by atoms with Crippen LogP contribution in [-0.2, 0) is 9.53 Å². The van der Waals surface area contributed by atoms with Gasteiger partial charge in [-0.05, 0) is 56.0 Å². The number of rotatable bonds is 7. The monoisotopic (exact) mass is 498 g/mol. The standard InChI is InChI=1S/C26H24F2N2O4S/c1-16-29-24(25(35-16)17-9-11-18(27)12-10-17)26(33)30-13-5-4-6-19(30)14-23(32)34-15-22(31)20-7-2-3-8-21(20)28/h2-3,7-12,19H,4-6,13-15H2,1H3. The number of amides is 1. The van der Waals surface area contributed by atoms with E-state index >= 15 is 0 Å². The highest BCUT2D eigenvalue weighted by Crippen LogP contribution is 2.33. The average Bonchev–Trinajstić information content (AvgIpc) is 3.25. The molecular formula is C26H24F2N2O4S. The molecule has 1 fully saturated rings. The second kappa shape index (κ2) is 10.9. The molecule has 0 spiro atoms. The maximum atomic E-state index is 13.8. The minimum atomic E-state index is -0.673. The molecule has 0 saturated carbocycles. The molecule has 6 nitrogen and oxygen atoms in total. The van der Waals surface area contributed by atoms with E-state index in [1.807, 2.05) is 0 Å². The summed E-state index contributed by atoms with van der Waals surface area (Å²) in [6.45, 7) is 1.69. The van der Waals surface area contributed by atoms with Crippen LogP contribution in [0, 0.1) is 18.6 Å². The van der Waals surface area contributed by atoms with E-state index < -0.39 is 30.2 Å². The number of piperidine rings is 1. The maximum absolute atomic E-state index is 13.8. The number of Topliss-reactive ketones (excluding diaryl/α,β-unsaturated/α-hetero) is 1. The largest absolute Gasteiger partial charge is 0.457 e. The van der Waals surface area contributed by atoms with E-state index in [1.165, 1.54) is 47.7 Å². The van der Waals surface area contributed by atoms with Crippen molar-refractivity contribution in [3.05, 3.63) is 76.4 Å². The topological polar surface area (TPSA) is 76.6 Å². The van der Waals surface area contributed by atoms with Gasteiger partial charge in [0, 0.05) is 12.6 Å². The van der Waals surface area contributed by atoms with Crippen molar-refractivity contribution < 1.29 is 27.9 Å². The molecule has 1 aliphatic heterocycles. The van der Waals surface area contributed by atoms with Gasteiger partial charge in [-0.25, -0.2) is 13.8 Å². The number of hydrogen-bond donors (Lipinski definition) is 0. The summed E-state index contributed by atoms with van der Waals surface area (Å²) in [4.78, 5) is 44.9. The van der Waals surface area contributed by atoms with Crippen molar-refractivity contribution >= 4 is 29.0 Å². The quantitative estimate of drug-likeness (QED) is 0.330. The number of nitrogens with zero attached hydrogens (tertiary/aromatic N) is 2. The molecule has 2 aromatic carbocycles. The summed E-state index contributed by atoms with van der Waals surface area (Å²) in [5.41, 5.74) is 0.830. The molecule has 35 heavy (non-hydrogen) atoms. The summed E-state index contributed by atoms with van der Waals surface area (Å²) >= 11 is 1.35. The Morgan fingerprint density at radius 2 is 1.83 bits per heavy atom. The Bertz CT molecular complexity index is 1240. The summed E-state index contributed by atoms with van der Waals surface area (Å²) in [7, 11) is 0. The molecule has 1 aliphatic rings. The smallest absolute Gasteiger partial charge is 0.308 e. The van der Waals surface area contributed by atoms with Gasteiger partial charge in [0.05, 0.1) is 21.9 Å². The summed E-state index contributed by atoms with van der Waals surface area (Å²) in [5.74, 6) is -2.60. The minimum Gasteiger partial charge on any atom is -0.457 e. The first-order chi connectivity index (χ1) is 16.8. The Kier molecular flexibility index (Phi) is 7.65. The van der Waals surface area contributed by atoms with E-state index in [0.717, 1.165) is 12.8 Å². The van der Waals surface area contributed by atoms with Crippen LogP contribution in [0.4, 0.5) is 8.78 Å². The van der Waals surface area contributed by atoms with Crippen molar-refractivity contribution in [2.75, 3.05) is 13.2 Å². The van der Waals surface area contributed by atoms with Gasteiger partial charge in [-0.15, -0.1) is 11.3 Å². The van der Waals surface area contributed by atoms with Crippen molar-refractivity contribution in [1.82, 2.24) is 9.88 Å². The van der Waals surface area contributed by atoms with E-state index in [2.05, 4.69) is 4.98 Å². The number of ether oxygens (including phenoxy) is 1. The van der Waals surface area contributed by atoms with Crippen molar-refractivity contribution in [3.8, 4) is 10.4 Å². The first-order valence-electron chi connectivity index (χ1n) is 11.3. The molecule has 1 saturated heterocycles. The van der Waals surface area contributed by atoms with Gasteiger partial charge in [-0.1, -0.05) is 24.3 Å². The first kappa shape index (κ1) is 24.7. The fourth-order valence-electron chi connectivity index (χ4n) is 4.15. The number of halogens is 2. The van der Waals surface area contributed by atoms with Gasteiger partial charge < -0.3 is 9.64 Å². The normalized spacial score (nSPS) is 15.6. The summed E-state index contributed by atoms with van der Waals surface area (Å²) in [6, 6.07) is 11.0. The number of aromatic nitrogens is 1. The Morgan fingerprint density at radius 3 is 2.57 bits per heavy atom. The highest BCUT2D eigenvalue weighted by Gasteiger charge is 2.32. The zero-order valence-electron chi connectivity index (χ0n) is 19.1. The zero-order chi connectivity index (χ0) is 24.9. The summed E-state index contributed by atoms with van der Waals surface area (Å²) in [6.07, 6.45) is 2.16. The number of aryl methyl sites for hydroxylation is 1. The molecule has 1 unspecified atom stereocenters. The van der Waals surface area contributed by atoms with Gasteiger partial charge in [-0.2, -0.15) is 0 Å². The van der Waals surface area contributed by atoms with Crippen LogP contribution in [0.2, 0.25) is 0 Å². The number of carbonyl (C=O) groups excluding carboxylic acids is 3. The van der Waals surface area contributed by atoms with Crippen molar-refractivity contribution in [2.24, 2.45) is 0 Å². The molecule has 1 amide bonds.